The Morgan fingerprint density at radius 3 is 2.59 bits per heavy atom. The monoisotopic (exact) mass is 408 g/mol. The van der Waals surface area contributed by atoms with Gasteiger partial charge in [0.15, 0.2) is 0 Å². The summed E-state index contributed by atoms with van der Waals surface area (Å²) >= 11 is 6.41. The molecular weight excluding hydrogens is 388 g/mol. The number of carbonyl (C=O) groups excluding carboxylic acids is 2. The average molecular weight is 409 g/mol. The van der Waals surface area contributed by atoms with Gasteiger partial charge in [0.2, 0.25) is 5.91 Å². The zero-order chi connectivity index (χ0) is 20.0. The molecule has 1 fully saturated rings. The average Bonchev–Trinajstić information content (AvgIpc) is 2.91. The van der Waals surface area contributed by atoms with Crippen molar-refractivity contribution in [1.29, 1.82) is 0 Å². The van der Waals surface area contributed by atoms with Crippen LogP contribution in [0.3, 0.4) is 0 Å². The van der Waals surface area contributed by atoms with E-state index in [1.165, 1.54) is 16.7 Å². The van der Waals surface area contributed by atoms with E-state index < -0.39 is 17.9 Å². The van der Waals surface area contributed by atoms with Crippen molar-refractivity contribution in [2.75, 3.05) is 13.7 Å². The number of carbonyl (C=O) groups is 3. The van der Waals surface area contributed by atoms with E-state index in [0.717, 1.165) is 11.3 Å². The SMILES string of the molecule is CCC(NC(=O)CCN1C(=O)/C(=C\c2ccc(OC)cc2)SC1=S)C(=O)O. The molecule has 0 radical (unpaired) electrons. The molecule has 7 nitrogen and oxygen atoms in total. The highest BCUT2D eigenvalue weighted by atomic mass is 32.2. The number of hydrogen-bond acceptors (Lipinski definition) is 6. The molecule has 0 bridgehead atoms. The highest BCUT2D eigenvalue weighted by molar-refractivity contribution is 8.26. The summed E-state index contributed by atoms with van der Waals surface area (Å²) in [6.07, 6.45) is 2.00. The minimum absolute atomic E-state index is 0.0218. The third kappa shape index (κ3) is 5.54. The normalized spacial score (nSPS) is 16.5. The number of nitrogens with one attached hydrogen (secondary N) is 1. The predicted octanol–water partition coefficient (Wildman–Crippen LogP) is 2.27. The smallest absolute Gasteiger partial charge is 0.326 e. The van der Waals surface area contributed by atoms with E-state index in [2.05, 4.69) is 5.32 Å². The fourth-order valence-corrected chi connectivity index (χ4v) is 3.67. The van der Waals surface area contributed by atoms with Crippen LogP contribution in [0.15, 0.2) is 29.2 Å². The van der Waals surface area contributed by atoms with Crippen LogP contribution < -0.4 is 10.1 Å². The number of carboxylic acid groups (broad SMARTS) is 1. The molecule has 1 saturated heterocycles. The zero-order valence-electron chi connectivity index (χ0n) is 14.9. The van der Waals surface area contributed by atoms with Crippen molar-refractivity contribution in [3.05, 3.63) is 34.7 Å². The Morgan fingerprint density at radius 2 is 2.04 bits per heavy atom. The molecule has 9 heteroatoms. The van der Waals surface area contributed by atoms with Crippen molar-refractivity contribution in [1.82, 2.24) is 10.2 Å². The second kappa shape index (κ2) is 9.52. The molecule has 1 aliphatic rings. The summed E-state index contributed by atoms with van der Waals surface area (Å²) in [5.41, 5.74) is 0.835. The van der Waals surface area contributed by atoms with Crippen LogP contribution in [0, 0.1) is 0 Å². The van der Waals surface area contributed by atoms with Crippen molar-refractivity contribution in [3.63, 3.8) is 0 Å². The van der Waals surface area contributed by atoms with Crippen LogP contribution in [0.2, 0.25) is 0 Å². The fourth-order valence-electron chi connectivity index (χ4n) is 2.36. The molecule has 2 N–H and O–H groups in total. The summed E-state index contributed by atoms with van der Waals surface area (Å²) in [5.74, 6) is -1.06. The van der Waals surface area contributed by atoms with E-state index in [0.29, 0.717) is 9.23 Å². The van der Waals surface area contributed by atoms with E-state index in [9.17, 15) is 14.4 Å². The Balaban J connectivity index is 1.98. The highest BCUT2D eigenvalue weighted by Gasteiger charge is 2.32. The number of carboxylic acids is 1. The molecule has 1 heterocycles. The quantitative estimate of drug-likeness (QED) is 0.503. The summed E-state index contributed by atoms with van der Waals surface area (Å²) in [6.45, 7) is 1.78. The molecule has 1 aromatic rings. The van der Waals surface area contributed by atoms with Crippen LogP contribution in [-0.4, -0.2) is 51.8 Å². The summed E-state index contributed by atoms with van der Waals surface area (Å²) in [4.78, 5) is 37.3. The molecule has 1 aromatic carbocycles. The standard InChI is InChI=1S/C18H20N2O5S2/c1-3-13(17(23)24)19-15(21)8-9-20-16(22)14(27-18(20)26)10-11-4-6-12(25-2)7-5-11/h4-7,10,13H,3,8-9H2,1-2H3,(H,19,21)(H,23,24)/b14-10+. The van der Waals surface area contributed by atoms with Gasteiger partial charge in [0.1, 0.15) is 16.1 Å². The van der Waals surface area contributed by atoms with Crippen LogP contribution >= 0.6 is 24.0 Å². The molecule has 0 aromatic heterocycles. The van der Waals surface area contributed by atoms with Gasteiger partial charge >= 0.3 is 5.97 Å². The first-order valence-corrected chi connectivity index (χ1v) is 9.49. The number of nitrogens with zero attached hydrogens (tertiary/aromatic N) is 1. The lowest BCUT2D eigenvalue weighted by atomic mass is 10.2. The van der Waals surface area contributed by atoms with E-state index in [4.69, 9.17) is 22.1 Å². The van der Waals surface area contributed by atoms with Gasteiger partial charge in [-0.25, -0.2) is 4.79 Å². The van der Waals surface area contributed by atoms with Crippen LogP contribution in [0.5, 0.6) is 5.75 Å². The molecule has 0 aliphatic carbocycles. The first-order valence-electron chi connectivity index (χ1n) is 8.27. The number of hydrogen-bond donors (Lipinski definition) is 2. The first kappa shape index (κ1) is 20.9. The van der Waals surface area contributed by atoms with E-state index >= 15 is 0 Å². The molecule has 1 atom stereocenters. The summed E-state index contributed by atoms with van der Waals surface area (Å²) in [6, 6.07) is 6.32. The third-order valence-electron chi connectivity index (χ3n) is 3.89. The van der Waals surface area contributed by atoms with Gasteiger partial charge < -0.3 is 15.2 Å². The molecule has 0 saturated carbocycles. The molecule has 1 aliphatic heterocycles. The Hall–Kier alpha value is -2.39. The lowest BCUT2D eigenvalue weighted by Crippen LogP contribution is -2.42. The Morgan fingerprint density at radius 1 is 1.37 bits per heavy atom. The number of rotatable bonds is 8. The van der Waals surface area contributed by atoms with Crippen molar-refractivity contribution in [3.8, 4) is 5.75 Å². The Kier molecular flexibility index (Phi) is 7.37. The number of amides is 2. The van der Waals surface area contributed by atoms with Crippen molar-refractivity contribution in [2.24, 2.45) is 0 Å². The van der Waals surface area contributed by atoms with Crippen LogP contribution in [0.1, 0.15) is 25.3 Å². The molecular formula is C18H20N2O5S2. The number of methoxy groups -OCH3 is 1. The zero-order valence-corrected chi connectivity index (χ0v) is 16.6. The number of thiocarbonyl (C=S) groups is 1. The number of thioether (sulfide) groups is 1. The molecule has 2 amide bonds. The Bertz CT molecular complexity index is 776. The summed E-state index contributed by atoms with van der Waals surface area (Å²) in [5, 5.41) is 11.4. The second-order valence-electron chi connectivity index (χ2n) is 5.72. The van der Waals surface area contributed by atoms with Crippen LogP contribution in [0.4, 0.5) is 0 Å². The summed E-state index contributed by atoms with van der Waals surface area (Å²) in [7, 11) is 1.58. The minimum atomic E-state index is -1.08. The molecule has 144 valence electrons. The van der Waals surface area contributed by atoms with Gasteiger partial charge in [-0.1, -0.05) is 43.0 Å². The number of benzene rings is 1. The molecule has 27 heavy (non-hydrogen) atoms. The highest BCUT2D eigenvalue weighted by Crippen LogP contribution is 2.32. The first-order chi connectivity index (χ1) is 12.8. The molecule has 0 spiro atoms. The van der Waals surface area contributed by atoms with Gasteiger partial charge in [0.05, 0.1) is 12.0 Å². The van der Waals surface area contributed by atoms with E-state index in [1.54, 1.807) is 32.2 Å². The number of aliphatic carboxylic acids is 1. The van der Waals surface area contributed by atoms with Crippen molar-refractivity contribution < 1.29 is 24.2 Å². The second-order valence-corrected chi connectivity index (χ2v) is 7.40. The van der Waals surface area contributed by atoms with Gasteiger partial charge in [0.25, 0.3) is 5.91 Å². The number of ether oxygens (including phenoxy) is 1. The third-order valence-corrected chi connectivity index (χ3v) is 5.27. The maximum absolute atomic E-state index is 12.5. The maximum Gasteiger partial charge on any atom is 0.326 e. The van der Waals surface area contributed by atoms with E-state index in [-0.39, 0.29) is 25.3 Å². The topological polar surface area (TPSA) is 95.9 Å². The predicted molar refractivity (Wildman–Crippen MR) is 107 cm³/mol. The van der Waals surface area contributed by atoms with Crippen molar-refractivity contribution in [2.45, 2.75) is 25.8 Å². The summed E-state index contributed by atoms with van der Waals surface area (Å²) < 4.78 is 5.48. The van der Waals surface area contributed by atoms with Gasteiger partial charge in [-0.05, 0) is 30.2 Å². The fraction of sp³-hybridized carbons (Fsp3) is 0.333. The Labute approximate surface area is 166 Å². The van der Waals surface area contributed by atoms with Gasteiger partial charge in [0, 0.05) is 13.0 Å². The van der Waals surface area contributed by atoms with Crippen LogP contribution in [-0.2, 0) is 14.4 Å². The van der Waals surface area contributed by atoms with Crippen LogP contribution in [0.25, 0.3) is 6.08 Å². The molecule has 2 rings (SSSR count). The van der Waals surface area contributed by atoms with Gasteiger partial charge in [-0.3, -0.25) is 14.5 Å². The largest absolute Gasteiger partial charge is 0.497 e. The van der Waals surface area contributed by atoms with Gasteiger partial charge in [-0.15, -0.1) is 0 Å². The minimum Gasteiger partial charge on any atom is -0.497 e. The van der Waals surface area contributed by atoms with Gasteiger partial charge in [-0.2, -0.15) is 0 Å². The lowest BCUT2D eigenvalue weighted by Gasteiger charge is -2.16. The lowest BCUT2D eigenvalue weighted by molar-refractivity contribution is -0.142. The van der Waals surface area contributed by atoms with Crippen molar-refractivity contribution >= 4 is 52.2 Å². The maximum atomic E-state index is 12.5. The van der Waals surface area contributed by atoms with E-state index in [1.807, 2.05) is 12.1 Å². The molecule has 1 unspecified atom stereocenters.